The fraction of sp³-hybridized carbons (Fsp3) is 0.706. The molecule has 0 radical (unpaired) electrons. The van der Waals surface area contributed by atoms with Gasteiger partial charge in [-0.3, -0.25) is 14.4 Å². The van der Waals surface area contributed by atoms with Crippen molar-refractivity contribution in [1.29, 1.82) is 0 Å². The van der Waals surface area contributed by atoms with E-state index in [0.29, 0.717) is 12.3 Å². The Hall–Kier alpha value is -2.10. The van der Waals surface area contributed by atoms with Crippen molar-refractivity contribution < 1.29 is 27.9 Å². The number of aliphatic carboxylic acids is 1. The Kier molecular flexibility index (Phi) is 6.50. The van der Waals surface area contributed by atoms with Crippen molar-refractivity contribution in [2.75, 3.05) is 13.1 Å². The number of hydrogen-bond donors (Lipinski definition) is 2. The molecule has 1 aliphatic heterocycles. The summed E-state index contributed by atoms with van der Waals surface area (Å²) >= 11 is 0. The number of likely N-dealkylation sites (tertiary alicyclic amines) is 1. The molecule has 0 aromatic carbocycles. The van der Waals surface area contributed by atoms with Gasteiger partial charge in [-0.05, 0) is 31.6 Å². The Labute approximate surface area is 155 Å². The number of nitrogens with one attached hydrogen (secondary N) is 1. The number of nitrogens with zero attached hydrogens (tertiary/aromatic N) is 3. The highest BCUT2D eigenvalue weighted by atomic mass is 19.4. The topological polar surface area (TPSA) is 87.5 Å². The smallest absolute Gasteiger partial charge is 0.475 e. The van der Waals surface area contributed by atoms with Crippen LogP contribution >= 0.6 is 0 Å². The van der Waals surface area contributed by atoms with Gasteiger partial charge in [-0.25, -0.2) is 4.79 Å². The second-order valence-corrected chi connectivity index (χ2v) is 7.44. The molecule has 2 aliphatic rings. The van der Waals surface area contributed by atoms with Crippen LogP contribution in [0.15, 0.2) is 12.4 Å². The molecule has 0 bridgehead atoms. The highest BCUT2D eigenvalue weighted by molar-refractivity contribution is 5.77. The minimum Gasteiger partial charge on any atom is -0.475 e. The summed E-state index contributed by atoms with van der Waals surface area (Å²) in [6.45, 7) is 7.30. The lowest BCUT2D eigenvalue weighted by atomic mass is 10.1. The molecule has 0 spiro atoms. The van der Waals surface area contributed by atoms with E-state index >= 15 is 0 Å². The number of halogens is 3. The zero-order valence-electron chi connectivity index (χ0n) is 15.5. The Morgan fingerprint density at radius 2 is 1.89 bits per heavy atom. The van der Waals surface area contributed by atoms with Crippen LogP contribution in [0, 0.1) is 17.8 Å². The van der Waals surface area contributed by atoms with E-state index in [0.717, 1.165) is 31.5 Å². The van der Waals surface area contributed by atoms with Crippen LogP contribution in [0.25, 0.3) is 0 Å². The first-order valence-corrected chi connectivity index (χ1v) is 8.76. The van der Waals surface area contributed by atoms with Crippen molar-refractivity contribution >= 4 is 11.9 Å². The number of rotatable bonds is 5. The van der Waals surface area contributed by atoms with Gasteiger partial charge < -0.3 is 10.4 Å². The van der Waals surface area contributed by atoms with Crippen molar-refractivity contribution in [3.63, 3.8) is 0 Å². The zero-order chi connectivity index (χ0) is 20.4. The first-order chi connectivity index (χ1) is 12.5. The number of alkyl halides is 3. The Bertz CT molecular complexity index is 663. The molecule has 7 nitrogen and oxygen atoms in total. The van der Waals surface area contributed by atoms with Gasteiger partial charge in [-0.1, -0.05) is 0 Å². The monoisotopic (exact) mass is 390 g/mol. The summed E-state index contributed by atoms with van der Waals surface area (Å²) in [4.78, 5) is 23.2. The molecule has 1 saturated carbocycles. The third-order valence-electron chi connectivity index (χ3n) is 4.72. The van der Waals surface area contributed by atoms with Gasteiger partial charge in [-0.15, -0.1) is 0 Å². The molecule has 1 aliphatic carbocycles. The minimum atomic E-state index is -5.08. The molecule has 1 amide bonds. The van der Waals surface area contributed by atoms with E-state index in [-0.39, 0.29) is 11.9 Å². The molecule has 1 saturated heterocycles. The van der Waals surface area contributed by atoms with Crippen molar-refractivity contribution in [2.24, 2.45) is 24.8 Å². The molecular formula is C17H25F3N4O3. The Morgan fingerprint density at radius 1 is 1.33 bits per heavy atom. The van der Waals surface area contributed by atoms with Crippen LogP contribution in [0.2, 0.25) is 0 Å². The third-order valence-corrected chi connectivity index (χ3v) is 4.72. The Balaban J connectivity index is 0.000000321. The number of aromatic nitrogens is 2. The SMILES string of the molecule is CC(C)NC(=O)CC1[C@H]2CN(Cc3cnn(C)c3)C[C@@H]12.O=C(O)C(F)(F)F. The first kappa shape index (κ1) is 21.2. The summed E-state index contributed by atoms with van der Waals surface area (Å²) in [5.41, 5.74) is 1.28. The number of carboxylic acids is 1. The molecule has 27 heavy (non-hydrogen) atoms. The van der Waals surface area contributed by atoms with Gasteiger partial charge in [0.15, 0.2) is 0 Å². The molecule has 3 rings (SSSR count). The van der Waals surface area contributed by atoms with Gasteiger partial charge in [-0.2, -0.15) is 18.3 Å². The average molecular weight is 390 g/mol. The third kappa shape index (κ3) is 6.23. The lowest BCUT2D eigenvalue weighted by molar-refractivity contribution is -0.192. The van der Waals surface area contributed by atoms with Crippen LogP contribution < -0.4 is 5.32 Å². The molecule has 1 aromatic rings. The maximum Gasteiger partial charge on any atom is 0.490 e. The summed E-state index contributed by atoms with van der Waals surface area (Å²) in [5.74, 6) is -0.432. The van der Waals surface area contributed by atoms with Crippen LogP contribution in [0.1, 0.15) is 25.8 Å². The number of amides is 1. The second kappa shape index (κ2) is 8.28. The van der Waals surface area contributed by atoms with Crippen molar-refractivity contribution in [1.82, 2.24) is 20.0 Å². The van der Waals surface area contributed by atoms with Crippen LogP contribution in [-0.4, -0.2) is 57.0 Å². The lowest BCUT2D eigenvalue weighted by Gasteiger charge is -2.18. The maximum absolute atomic E-state index is 11.8. The fourth-order valence-electron chi connectivity index (χ4n) is 3.58. The van der Waals surface area contributed by atoms with E-state index in [1.165, 1.54) is 5.56 Å². The van der Waals surface area contributed by atoms with Gasteiger partial charge in [0.05, 0.1) is 6.20 Å². The predicted octanol–water partition coefficient (Wildman–Crippen LogP) is 1.65. The lowest BCUT2D eigenvalue weighted by Crippen LogP contribution is -2.31. The summed E-state index contributed by atoms with van der Waals surface area (Å²) in [6.07, 6.45) is -0.344. The summed E-state index contributed by atoms with van der Waals surface area (Å²) in [7, 11) is 1.95. The molecule has 152 valence electrons. The Morgan fingerprint density at radius 3 is 2.30 bits per heavy atom. The second-order valence-electron chi connectivity index (χ2n) is 7.44. The predicted molar refractivity (Wildman–Crippen MR) is 90.5 cm³/mol. The quantitative estimate of drug-likeness (QED) is 0.798. The number of hydrogen-bond acceptors (Lipinski definition) is 4. The average Bonchev–Trinajstić information content (AvgIpc) is 2.88. The number of fused-ring (bicyclic) bond motifs is 1. The van der Waals surface area contributed by atoms with E-state index in [1.54, 1.807) is 0 Å². The summed E-state index contributed by atoms with van der Waals surface area (Å²) in [5, 5.41) is 14.3. The number of carbonyl (C=O) groups is 2. The number of piperidine rings is 1. The van der Waals surface area contributed by atoms with Crippen LogP contribution in [0.3, 0.4) is 0 Å². The maximum atomic E-state index is 11.8. The van der Waals surface area contributed by atoms with Gasteiger partial charge in [0.25, 0.3) is 0 Å². The zero-order valence-corrected chi connectivity index (χ0v) is 15.5. The van der Waals surface area contributed by atoms with Gasteiger partial charge in [0.1, 0.15) is 0 Å². The van der Waals surface area contributed by atoms with Crippen LogP contribution in [-0.2, 0) is 23.2 Å². The van der Waals surface area contributed by atoms with Crippen molar-refractivity contribution in [2.45, 2.75) is 39.0 Å². The minimum absolute atomic E-state index is 0.221. The van der Waals surface area contributed by atoms with Crippen LogP contribution in [0.4, 0.5) is 13.2 Å². The molecule has 2 fully saturated rings. The number of aryl methyl sites for hydroxylation is 1. The highest BCUT2D eigenvalue weighted by Gasteiger charge is 2.55. The summed E-state index contributed by atoms with van der Waals surface area (Å²) < 4.78 is 33.6. The molecular weight excluding hydrogens is 365 g/mol. The van der Waals surface area contributed by atoms with E-state index in [4.69, 9.17) is 9.90 Å². The normalized spacial score (nSPS) is 24.2. The van der Waals surface area contributed by atoms with Gasteiger partial charge >= 0.3 is 12.1 Å². The molecule has 2 N–H and O–H groups in total. The molecule has 10 heteroatoms. The van der Waals surface area contributed by atoms with Crippen molar-refractivity contribution in [3.05, 3.63) is 18.0 Å². The van der Waals surface area contributed by atoms with Crippen LogP contribution in [0.5, 0.6) is 0 Å². The number of carboxylic acid groups (broad SMARTS) is 1. The van der Waals surface area contributed by atoms with E-state index in [9.17, 15) is 18.0 Å². The van der Waals surface area contributed by atoms with Gasteiger partial charge in [0.2, 0.25) is 5.91 Å². The van der Waals surface area contributed by atoms with E-state index in [1.807, 2.05) is 31.8 Å². The van der Waals surface area contributed by atoms with Crippen molar-refractivity contribution in [3.8, 4) is 0 Å². The molecule has 3 atom stereocenters. The fourth-order valence-corrected chi connectivity index (χ4v) is 3.58. The first-order valence-electron chi connectivity index (χ1n) is 8.76. The molecule has 2 heterocycles. The molecule has 1 aromatic heterocycles. The highest BCUT2D eigenvalue weighted by Crippen LogP contribution is 2.53. The largest absolute Gasteiger partial charge is 0.490 e. The standard InChI is InChI=1S/C15H24N4O.C2HF3O2/c1-10(2)17-15(20)4-12-13-8-19(9-14(12)13)7-11-5-16-18(3)6-11;3-2(4,5)1(6)7/h5-6,10,12-14H,4,7-9H2,1-3H3,(H,17,20);(H,6,7)/t12?,13-,14+;. The van der Waals surface area contributed by atoms with E-state index in [2.05, 4.69) is 21.5 Å². The van der Waals surface area contributed by atoms with Gasteiger partial charge in [0, 0.05) is 50.9 Å². The molecule has 1 unspecified atom stereocenters. The van der Waals surface area contributed by atoms with E-state index < -0.39 is 12.1 Å². The summed E-state index contributed by atoms with van der Waals surface area (Å²) in [6, 6.07) is 0.253. The number of carbonyl (C=O) groups excluding carboxylic acids is 1.